The molecule has 0 fully saturated rings. The fourth-order valence-corrected chi connectivity index (χ4v) is 3.08. The lowest BCUT2D eigenvalue weighted by atomic mass is 9.90. The molecule has 0 saturated carbocycles. The fourth-order valence-electron chi connectivity index (χ4n) is 2.88. The highest BCUT2D eigenvalue weighted by Gasteiger charge is 2.44. The van der Waals surface area contributed by atoms with Crippen LogP contribution in [-0.2, 0) is 16.8 Å². The predicted molar refractivity (Wildman–Crippen MR) is 80.7 cm³/mol. The summed E-state index contributed by atoms with van der Waals surface area (Å²) in [4.78, 5) is 12.1. The average Bonchev–Trinajstić information content (AvgIpc) is 2.81. The molecule has 21 heavy (non-hydrogen) atoms. The Morgan fingerprint density at radius 3 is 2.76 bits per heavy atom. The first kappa shape index (κ1) is 13.9. The summed E-state index contributed by atoms with van der Waals surface area (Å²) < 4.78 is 13.9. The molecule has 5 heteroatoms. The van der Waals surface area contributed by atoms with Crippen molar-refractivity contribution in [3.63, 3.8) is 0 Å². The highest BCUT2D eigenvalue weighted by Crippen LogP contribution is 2.40. The minimum atomic E-state index is -1.10. The normalized spacial score (nSPS) is 20.1. The van der Waals surface area contributed by atoms with Crippen molar-refractivity contribution in [3.8, 4) is 0 Å². The molecule has 0 aromatic heterocycles. The molecule has 1 aliphatic rings. The zero-order valence-corrected chi connectivity index (χ0v) is 12.0. The SMILES string of the molecule is NC(=O)C1(Nc2ccccc2F)CCc2cc(Cl)ccc21. The largest absolute Gasteiger partial charge is 0.367 e. The van der Waals surface area contributed by atoms with Gasteiger partial charge in [-0.15, -0.1) is 0 Å². The molecule has 0 saturated heterocycles. The lowest BCUT2D eigenvalue weighted by Gasteiger charge is -2.29. The molecule has 1 amide bonds. The Kier molecular flexibility index (Phi) is 3.33. The van der Waals surface area contributed by atoms with E-state index in [1.807, 2.05) is 6.07 Å². The van der Waals surface area contributed by atoms with E-state index in [-0.39, 0.29) is 5.69 Å². The molecule has 3 nitrogen and oxygen atoms in total. The van der Waals surface area contributed by atoms with Crippen molar-refractivity contribution < 1.29 is 9.18 Å². The van der Waals surface area contributed by atoms with Gasteiger partial charge < -0.3 is 11.1 Å². The molecule has 2 aromatic carbocycles. The summed E-state index contributed by atoms with van der Waals surface area (Å²) in [5, 5.41) is 3.62. The molecular formula is C16H14ClFN2O. The Morgan fingerprint density at radius 1 is 1.29 bits per heavy atom. The third-order valence-corrected chi connectivity index (χ3v) is 4.17. The van der Waals surface area contributed by atoms with Gasteiger partial charge in [-0.1, -0.05) is 29.8 Å². The number of para-hydroxylation sites is 1. The van der Waals surface area contributed by atoms with Gasteiger partial charge in [0.1, 0.15) is 11.4 Å². The fraction of sp³-hybridized carbons (Fsp3) is 0.188. The predicted octanol–water partition coefficient (Wildman–Crippen LogP) is 3.22. The standard InChI is InChI=1S/C16H14ClFN2O/c17-11-5-6-12-10(9-11)7-8-16(12,15(19)21)20-14-4-2-1-3-13(14)18/h1-6,9,20H,7-8H2,(H2,19,21). The number of fused-ring (bicyclic) bond motifs is 1. The van der Waals surface area contributed by atoms with Crippen molar-refractivity contribution in [2.75, 3.05) is 5.32 Å². The quantitative estimate of drug-likeness (QED) is 0.915. The summed E-state index contributed by atoms with van der Waals surface area (Å²) in [6.45, 7) is 0. The Balaban J connectivity index is 2.08. The molecule has 0 bridgehead atoms. The molecule has 0 spiro atoms. The summed E-state index contributed by atoms with van der Waals surface area (Å²) in [7, 11) is 0. The number of nitrogens with two attached hydrogens (primary N) is 1. The van der Waals surface area contributed by atoms with Gasteiger partial charge in [0.15, 0.2) is 0 Å². The number of hydrogen-bond donors (Lipinski definition) is 2. The lowest BCUT2D eigenvalue weighted by molar-refractivity contribution is -0.122. The van der Waals surface area contributed by atoms with Crippen LogP contribution in [0.3, 0.4) is 0 Å². The Hall–Kier alpha value is -2.07. The number of benzene rings is 2. The van der Waals surface area contributed by atoms with Gasteiger partial charge in [-0.05, 0) is 48.2 Å². The maximum absolute atomic E-state index is 13.9. The van der Waals surface area contributed by atoms with Crippen LogP contribution in [0, 0.1) is 5.82 Å². The second kappa shape index (κ2) is 5.04. The number of hydrogen-bond acceptors (Lipinski definition) is 2. The molecule has 1 unspecified atom stereocenters. The van der Waals surface area contributed by atoms with Crippen LogP contribution in [0.4, 0.5) is 10.1 Å². The molecule has 2 aromatic rings. The minimum Gasteiger partial charge on any atom is -0.367 e. The van der Waals surface area contributed by atoms with Gasteiger partial charge in [0, 0.05) is 5.02 Å². The first-order valence-electron chi connectivity index (χ1n) is 6.64. The van der Waals surface area contributed by atoms with Crippen molar-refractivity contribution in [2.45, 2.75) is 18.4 Å². The topological polar surface area (TPSA) is 55.1 Å². The Labute approximate surface area is 126 Å². The third-order valence-electron chi connectivity index (χ3n) is 3.94. The monoisotopic (exact) mass is 304 g/mol. The molecule has 108 valence electrons. The zero-order valence-electron chi connectivity index (χ0n) is 11.2. The van der Waals surface area contributed by atoms with E-state index in [0.717, 1.165) is 11.1 Å². The van der Waals surface area contributed by atoms with E-state index < -0.39 is 17.3 Å². The van der Waals surface area contributed by atoms with Crippen LogP contribution in [0.2, 0.25) is 5.02 Å². The van der Waals surface area contributed by atoms with Crippen LogP contribution in [0.25, 0.3) is 0 Å². The number of nitrogens with one attached hydrogen (secondary N) is 1. The maximum Gasteiger partial charge on any atom is 0.247 e. The van der Waals surface area contributed by atoms with Crippen LogP contribution < -0.4 is 11.1 Å². The van der Waals surface area contributed by atoms with Gasteiger partial charge >= 0.3 is 0 Å². The van der Waals surface area contributed by atoms with Gasteiger partial charge in [-0.3, -0.25) is 4.79 Å². The van der Waals surface area contributed by atoms with Crippen LogP contribution in [-0.4, -0.2) is 5.91 Å². The number of amides is 1. The molecule has 1 atom stereocenters. The number of aryl methyl sites for hydroxylation is 1. The van der Waals surface area contributed by atoms with Crippen LogP contribution >= 0.6 is 11.6 Å². The molecule has 3 N–H and O–H groups in total. The first-order chi connectivity index (χ1) is 10.0. The maximum atomic E-state index is 13.9. The number of primary amides is 1. The Bertz CT molecular complexity index is 719. The molecule has 3 rings (SSSR count). The van der Waals surface area contributed by atoms with E-state index in [4.69, 9.17) is 17.3 Å². The van der Waals surface area contributed by atoms with E-state index >= 15 is 0 Å². The highest BCUT2D eigenvalue weighted by molar-refractivity contribution is 6.30. The summed E-state index contributed by atoms with van der Waals surface area (Å²) in [6.07, 6.45) is 1.15. The van der Waals surface area contributed by atoms with Gasteiger partial charge in [0.05, 0.1) is 5.69 Å². The second-order valence-electron chi connectivity index (χ2n) is 5.18. The van der Waals surface area contributed by atoms with E-state index in [1.54, 1.807) is 30.3 Å². The summed E-state index contributed by atoms with van der Waals surface area (Å²) in [6, 6.07) is 11.6. The van der Waals surface area contributed by atoms with Gasteiger partial charge in [-0.25, -0.2) is 4.39 Å². The number of anilines is 1. The van der Waals surface area contributed by atoms with Gasteiger partial charge in [-0.2, -0.15) is 0 Å². The van der Waals surface area contributed by atoms with Crippen LogP contribution in [0.5, 0.6) is 0 Å². The summed E-state index contributed by atoms with van der Waals surface area (Å²) in [5.41, 5.74) is 6.52. The van der Waals surface area contributed by atoms with E-state index in [1.165, 1.54) is 6.07 Å². The smallest absolute Gasteiger partial charge is 0.247 e. The molecule has 0 heterocycles. The van der Waals surface area contributed by atoms with Crippen molar-refractivity contribution in [3.05, 3.63) is 64.4 Å². The molecular weight excluding hydrogens is 291 g/mol. The molecule has 0 radical (unpaired) electrons. The van der Waals surface area contributed by atoms with Gasteiger partial charge in [0.25, 0.3) is 0 Å². The highest BCUT2D eigenvalue weighted by atomic mass is 35.5. The second-order valence-corrected chi connectivity index (χ2v) is 5.61. The molecule has 1 aliphatic carbocycles. The number of halogens is 2. The summed E-state index contributed by atoms with van der Waals surface area (Å²) in [5.74, 6) is -0.938. The van der Waals surface area contributed by atoms with Crippen molar-refractivity contribution in [2.24, 2.45) is 5.73 Å². The van der Waals surface area contributed by atoms with Crippen molar-refractivity contribution in [1.29, 1.82) is 0 Å². The zero-order chi connectivity index (χ0) is 15.0. The first-order valence-corrected chi connectivity index (χ1v) is 7.02. The van der Waals surface area contributed by atoms with Gasteiger partial charge in [0.2, 0.25) is 5.91 Å². The van der Waals surface area contributed by atoms with Crippen molar-refractivity contribution in [1.82, 2.24) is 0 Å². The number of carbonyl (C=O) groups is 1. The Morgan fingerprint density at radius 2 is 2.05 bits per heavy atom. The number of carbonyl (C=O) groups excluding carboxylic acids is 1. The minimum absolute atomic E-state index is 0.263. The van der Waals surface area contributed by atoms with E-state index in [9.17, 15) is 9.18 Å². The average molecular weight is 305 g/mol. The number of rotatable bonds is 3. The van der Waals surface area contributed by atoms with Crippen molar-refractivity contribution >= 4 is 23.2 Å². The lowest BCUT2D eigenvalue weighted by Crippen LogP contribution is -2.46. The van der Waals surface area contributed by atoms with E-state index in [0.29, 0.717) is 17.9 Å². The van der Waals surface area contributed by atoms with Crippen LogP contribution in [0.1, 0.15) is 17.5 Å². The van der Waals surface area contributed by atoms with Crippen LogP contribution in [0.15, 0.2) is 42.5 Å². The van der Waals surface area contributed by atoms with E-state index in [2.05, 4.69) is 5.32 Å². The molecule has 0 aliphatic heterocycles. The third kappa shape index (κ3) is 2.25. The summed E-state index contributed by atoms with van der Waals surface area (Å²) >= 11 is 5.98.